The van der Waals surface area contributed by atoms with Crippen molar-refractivity contribution in [3.8, 4) is 23.2 Å². The van der Waals surface area contributed by atoms with E-state index >= 15 is 0 Å². The van der Waals surface area contributed by atoms with E-state index in [0.29, 0.717) is 23.4 Å². The Labute approximate surface area is 218 Å². The molecule has 1 unspecified atom stereocenters. The molecule has 2 saturated heterocycles. The smallest absolute Gasteiger partial charge is 0.248 e. The van der Waals surface area contributed by atoms with Crippen LogP contribution in [0.25, 0.3) is 11.4 Å². The van der Waals surface area contributed by atoms with Gasteiger partial charge in [0.1, 0.15) is 30.9 Å². The molecule has 2 N–H and O–H groups in total. The maximum atomic E-state index is 14.7. The molecule has 0 bridgehead atoms. The molecule has 3 aromatic rings. The van der Waals surface area contributed by atoms with Crippen LogP contribution in [0.1, 0.15) is 30.9 Å². The summed E-state index contributed by atoms with van der Waals surface area (Å²) in [5.41, 5.74) is 1.51. The normalized spacial score (nSPS) is 20.1. The summed E-state index contributed by atoms with van der Waals surface area (Å²) in [6, 6.07) is 7.23. The van der Waals surface area contributed by atoms with Crippen molar-refractivity contribution in [2.24, 2.45) is 0 Å². The van der Waals surface area contributed by atoms with Gasteiger partial charge in [0.2, 0.25) is 11.9 Å². The third-order valence-electron chi connectivity index (χ3n) is 6.60. The van der Waals surface area contributed by atoms with Gasteiger partial charge in [-0.3, -0.25) is 9.48 Å². The predicted octanol–water partition coefficient (Wildman–Crippen LogP) is 2.01. The quantitative estimate of drug-likeness (QED) is 0.471. The minimum Gasteiger partial charge on any atom is -0.486 e. The number of piperidine rings is 1. The number of aromatic nitrogens is 5. The summed E-state index contributed by atoms with van der Waals surface area (Å²) in [5.74, 6) is 0.387. The van der Waals surface area contributed by atoms with Crippen molar-refractivity contribution in [1.29, 1.82) is 5.26 Å². The molecule has 0 saturated carbocycles. The molecule has 2 aromatic heterocycles. The van der Waals surface area contributed by atoms with Gasteiger partial charge in [0, 0.05) is 37.9 Å². The molecule has 4 heterocycles. The molecule has 2 aliphatic heterocycles. The molecular weight excluding hydrogens is 495 g/mol. The zero-order valence-electron chi connectivity index (χ0n) is 20.5. The van der Waals surface area contributed by atoms with Crippen LogP contribution in [-0.4, -0.2) is 85.8 Å². The summed E-state index contributed by atoms with van der Waals surface area (Å²) >= 11 is 0. The topological polar surface area (TPSA) is 151 Å². The molecule has 2 fully saturated rings. The predicted molar refractivity (Wildman–Crippen MR) is 132 cm³/mol. The highest BCUT2D eigenvalue weighted by Gasteiger charge is 2.33. The lowest BCUT2D eigenvalue weighted by molar-refractivity contribution is -0.138. The Morgan fingerprint density at radius 3 is 2.89 bits per heavy atom. The number of alkyl halides is 1. The number of aliphatic hydroxyl groups is 1. The lowest BCUT2D eigenvalue weighted by Crippen LogP contribution is -2.50. The largest absolute Gasteiger partial charge is 0.486 e. The number of aliphatic hydroxyl groups excluding tert-OH is 1. The van der Waals surface area contributed by atoms with Crippen molar-refractivity contribution in [3.63, 3.8) is 0 Å². The highest BCUT2D eigenvalue weighted by atomic mass is 19.1. The minimum absolute atomic E-state index is 0.168. The second-order valence-electron chi connectivity index (χ2n) is 9.09. The lowest BCUT2D eigenvalue weighted by Gasteiger charge is -2.34. The molecule has 1 aromatic carbocycles. The lowest BCUT2D eigenvalue weighted by atomic mass is 10.0. The third-order valence-corrected chi connectivity index (χ3v) is 6.60. The number of carbonyl (C=O) groups is 1. The Kier molecular flexibility index (Phi) is 7.71. The average molecular weight is 523 g/mol. The number of nitriles is 1. The Hall–Kier alpha value is -4.15. The first kappa shape index (κ1) is 25.5. The van der Waals surface area contributed by atoms with E-state index in [1.807, 2.05) is 10.9 Å². The number of nitrogens with zero attached hydrogens (tertiary/aromatic N) is 7. The van der Waals surface area contributed by atoms with Gasteiger partial charge in [0.25, 0.3) is 0 Å². The Balaban J connectivity index is 1.27. The standard InChI is InChI=1S/C25H27FN8O4/c26-20-13-33(23(36)14-35)6-3-22(20)38-21-2-1-16(9-17(21)10-27)24-28-15-29-25(32-24)31-18-11-30-34(12-18)19-4-7-37-8-5-19/h1-2,9,11-12,15,19-20,22,35H,3-8,13-14H2,(H,28,29,31,32)/t20-,22?/m1/s1. The third kappa shape index (κ3) is 5.71. The van der Waals surface area contributed by atoms with Crippen LogP contribution in [0.15, 0.2) is 36.9 Å². The molecule has 38 heavy (non-hydrogen) atoms. The van der Waals surface area contributed by atoms with E-state index in [2.05, 4.69) is 31.4 Å². The monoisotopic (exact) mass is 522 g/mol. The van der Waals surface area contributed by atoms with Gasteiger partial charge < -0.3 is 24.8 Å². The minimum atomic E-state index is -1.45. The van der Waals surface area contributed by atoms with Gasteiger partial charge in [-0.15, -0.1) is 0 Å². The number of ether oxygens (including phenoxy) is 2. The first-order valence-corrected chi connectivity index (χ1v) is 12.4. The maximum Gasteiger partial charge on any atom is 0.248 e. The first-order chi connectivity index (χ1) is 18.5. The molecule has 1 amide bonds. The molecular formula is C25H27FN8O4. The Morgan fingerprint density at radius 1 is 1.29 bits per heavy atom. The number of anilines is 2. The van der Waals surface area contributed by atoms with Crippen LogP contribution in [-0.2, 0) is 9.53 Å². The van der Waals surface area contributed by atoms with Crippen LogP contribution in [0.4, 0.5) is 16.0 Å². The van der Waals surface area contributed by atoms with Crippen molar-refractivity contribution in [3.05, 3.63) is 42.5 Å². The van der Waals surface area contributed by atoms with Crippen molar-refractivity contribution in [2.45, 2.75) is 37.6 Å². The Morgan fingerprint density at radius 2 is 2.13 bits per heavy atom. The number of likely N-dealkylation sites (tertiary alicyclic amines) is 1. The van der Waals surface area contributed by atoms with Crippen LogP contribution in [0.2, 0.25) is 0 Å². The molecule has 13 heteroatoms. The molecule has 0 radical (unpaired) electrons. The number of hydrogen-bond donors (Lipinski definition) is 2. The van der Waals surface area contributed by atoms with Gasteiger partial charge in [-0.1, -0.05) is 0 Å². The van der Waals surface area contributed by atoms with Crippen molar-refractivity contribution in [1.82, 2.24) is 29.6 Å². The van der Waals surface area contributed by atoms with Crippen molar-refractivity contribution < 1.29 is 23.8 Å². The molecule has 2 atom stereocenters. The van der Waals surface area contributed by atoms with E-state index in [0.717, 1.165) is 31.7 Å². The number of carbonyl (C=O) groups excluding carboxylic acids is 1. The summed E-state index contributed by atoms with van der Waals surface area (Å²) < 4.78 is 27.8. The first-order valence-electron chi connectivity index (χ1n) is 12.4. The van der Waals surface area contributed by atoms with Crippen molar-refractivity contribution >= 4 is 17.5 Å². The molecule has 198 valence electrons. The second kappa shape index (κ2) is 11.5. The van der Waals surface area contributed by atoms with Gasteiger partial charge in [-0.25, -0.2) is 14.4 Å². The second-order valence-corrected chi connectivity index (χ2v) is 9.09. The fourth-order valence-electron chi connectivity index (χ4n) is 4.54. The number of rotatable bonds is 7. The molecule has 0 aliphatic carbocycles. The van der Waals surface area contributed by atoms with Gasteiger partial charge in [-0.2, -0.15) is 15.3 Å². The number of nitrogens with one attached hydrogen (secondary N) is 1. The summed E-state index contributed by atoms with van der Waals surface area (Å²) in [6.45, 7) is 0.875. The van der Waals surface area contributed by atoms with Gasteiger partial charge >= 0.3 is 0 Å². The van der Waals surface area contributed by atoms with E-state index < -0.39 is 24.8 Å². The Bertz CT molecular complexity index is 1320. The van der Waals surface area contributed by atoms with Gasteiger partial charge in [-0.05, 0) is 31.0 Å². The van der Waals surface area contributed by atoms with Gasteiger partial charge in [0.05, 0.1) is 30.0 Å². The highest BCUT2D eigenvalue weighted by Crippen LogP contribution is 2.29. The SMILES string of the molecule is N#Cc1cc(-c2ncnc(Nc3cnn(C4CCOCC4)c3)n2)ccc1OC1CCN(C(=O)CO)C[C@H]1F. The summed E-state index contributed by atoms with van der Waals surface area (Å²) in [5, 5.41) is 26.3. The maximum absolute atomic E-state index is 14.7. The molecule has 12 nitrogen and oxygen atoms in total. The average Bonchev–Trinajstić information content (AvgIpc) is 3.43. The van der Waals surface area contributed by atoms with E-state index in [-0.39, 0.29) is 30.8 Å². The van der Waals surface area contributed by atoms with E-state index in [4.69, 9.17) is 14.6 Å². The molecule has 0 spiro atoms. The fraction of sp³-hybridized carbons (Fsp3) is 0.440. The van der Waals surface area contributed by atoms with E-state index in [1.54, 1.807) is 24.4 Å². The van der Waals surface area contributed by atoms with Crippen LogP contribution in [0.5, 0.6) is 5.75 Å². The summed E-state index contributed by atoms with van der Waals surface area (Å²) in [4.78, 5) is 25.8. The number of benzene rings is 1. The molecule has 2 aliphatic rings. The van der Waals surface area contributed by atoms with Crippen LogP contribution in [0, 0.1) is 11.3 Å². The van der Waals surface area contributed by atoms with Gasteiger partial charge in [0.15, 0.2) is 12.0 Å². The number of amides is 1. The zero-order chi connectivity index (χ0) is 26.5. The zero-order valence-corrected chi connectivity index (χ0v) is 20.5. The summed E-state index contributed by atoms with van der Waals surface area (Å²) in [6.07, 6.45) is 4.79. The van der Waals surface area contributed by atoms with E-state index in [1.165, 1.54) is 11.2 Å². The summed E-state index contributed by atoms with van der Waals surface area (Å²) in [7, 11) is 0. The highest BCUT2D eigenvalue weighted by molar-refractivity contribution is 5.77. The number of halogens is 1. The van der Waals surface area contributed by atoms with Crippen molar-refractivity contribution in [2.75, 3.05) is 38.2 Å². The van der Waals surface area contributed by atoms with Crippen LogP contribution >= 0.6 is 0 Å². The molecule has 5 rings (SSSR count). The van der Waals surface area contributed by atoms with Crippen LogP contribution < -0.4 is 10.1 Å². The van der Waals surface area contributed by atoms with Crippen LogP contribution in [0.3, 0.4) is 0 Å². The fourth-order valence-corrected chi connectivity index (χ4v) is 4.54. The van der Waals surface area contributed by atoms with E-state index in [9.17, 15) is 14.4 Å². The number of hydrogen-bond acceptors (Lipinski definition) is 10.